The van der Waals surface area contributed by atoms with E-state index < -0.39 is 17.8 Å². The molecule has 1 amide bonds. The average Bonchev–Trinajstić information content (AvgIpc) is 2.90. The van der Waals surface area contributed by atoms with Crippen LogP contribution in [0.2, 0.25) is 0 Å². The molecule has 1 aliphatic heterocycles. The fraction of sp³-hybridized carbons (Fsp3) is 0.429. The number of benzene rings is 1. The first-order valence-electron chi connectivity index (χ1n) is 6.47. The summed E-state index contributed by atoms with van der Waals surface area (Å²) in [6.45, 7) is 2.49. The number of rotatable bonds is 3. The van der Waals surface area contributed by atoms with E-state index in [0.29, 0.717) is 17.4 Å². The van der Waals surface area contributed by atoms with Crippen LogP contribution in [0.5, 0.6) is 0 Å². The topological polar surface area (TPSA) is 46.6 Å². The molecule has 1 aliphatic rings. The minimum atomic E-state index is -0.561. The average molecular weight is 344 g/mol. The molecule has 1 atom stereocenters. The number of amides is 1. The molecule has 1 unspecified atom stereocenters. The predicted molar refractivity (Wildman–Crippen MR) is 74.8 cm³/mol. The number of hydrogen-bond acceptors (Lipinski definition) is 3. The van der Waals surface area contributed by atoms with Crippen LogP contribution in [0.15, 0.2) is 22.7 Å². The van der Waals surface area contributed by atoms with E-state index in [2.05, 4.69) is 15.9 Å². The van der Waals surface area contributed by atoms with Crippen molar-refractivity contribution >= 4 is 27.8 Å². The number of carbonyl (C=O) groups excluding carboxylic acids is 2. The monoisotopic (exact) mass is 343 g/mol. The summed E-state index contributed by atoms with van der Waals surface area (Å²) in [5.74, 6) is -1.23. The van der Waals surface area contributed by atoms with Crippen molar-refractivity contribution in [2.45, 2.75) is 25.8 Å². The van der Waals surface area contributed by atoms with E-state index >= 15 is 0 Å². The summed E-state index contributed by atoms with van der Waals surface area (Å²) in [7, 11) is 0. The van der Waals surface area contributed by atoms with E-state index in [1.807, 2.05) is 0 Å². The van der Waals surface area contributed by atoms with Gasteiger partial charge in [-0.25, -0.2) is 9.18 Å². The highest BCUT2D eigenvalue weighted by molar-refractivity contribution is 9.10. The zero-order valence-corrected chi connectivity index (χ0v) is 12.7. The Hall–Kier alpha value is -1.43. The first kappa shape index (κ1) is 15.0. The smallest absolute Gasteiger partial charge is 0.328 e. The van der Waals surface area contributed by atoms with Crippen LogP contribution >= 0.6 is 15.9 Å². The second-order valence-electron chi connectivity index (χ2n) is 4.54. The van der Waals surface area contributed by atoms with Crippen LogP contribution in [0, 0.1) is 5.82 Å². The van der Waals surface area contributed by atoms with Crippen LogP contribution in [0.1, 0.15) is 30.1 Å². The Kier molecular flexibility index (Phi) is 4.75. The summed E-state index contributed by atoms with van der Waals surface area (Å²) in [5.41, 5.74) is 0.238. The largest absolute Gasteiger partial charge is 0.464 e. The number of carbonyl (C=O) groups is 2. The van der Waals surface area contributed by atoms with Crippen molar-refractivity contribution < 1.29 is 18.7 Å². The maximum Gasteiger partial charge on any atom is 0.328 e. The van der Waals surface area contributed by atoms with Crippen molar-refractivity contribution in [3.05, 3.63) is 34.1 Å². The molecule has 1 aromatic rings. The molecule has 2 rings (SSSR count). The first-order valence-corrected chi connectivity index (χ1v) is 7.26. The molecule has 1 fully saturated rings. The molecule has 0 aromatic heterocycles. The van der Waals surface area contributed by atoms with E-state index in [9.17, 15) is 14.0 Å². The molecule has 0 saturated carbocycles. The Morgan fingerprint density at radius 3 is 2.90 bits per heavy atom. The van der Waals surface area contributed by atoms with Gasteiger partial charge in [0, 0.05) is 12.1 Å². The van der Waals surface area contributed by atoms with Crippen molar-refractivity contribution in [3.63, 3.8) is 0 Å². The molecule has 4 nitrogen and oxygen atoms in total. The van der Waals surface area contributed by atoms with Gasteiger partial charge in [-0.05, 0) is 53.9 Å². The van der Waals surface area contributed by atoms with E-state index in [0.717, 1.165) is 6.42 Å². The zero-order valence-electron chi connectivity index (χ0n) is 11.1. The van der Waals surface area contributed by atoms with Crippen LogP contribution in [0.4, 0.5) is 4.39 Å². The Morgan fingerprint density at radius 2 is 2.25 bits per heavy atom. The summed E-state index contributed by atoms with van der Waals surface area (Å²) in [6.07, 6.45) is 1.33. The van der Waals surface area contributed by atoms with Gasteiger partial charge in [-0.1, -0.05) is 0 Å². The summed E-state index contributed by atoms with van der Waals surface area (Å²) in [5, 5.41) is 0. The highest BCUT2D eigenvalue weighted by Gasteiger charge is 2.35. The van der Waals surface area contributed by atoms with Gasteiger partial charge >= 0.3 is 5.97 Å². The van der Waals surface area contributed by atoms with E-state index in [4.69, 9.17) is 4.74 Å². The summed E-state index contributed by atoms with van der Waals surface area (Å²) in [4.78, 5) is 25.6. The Morgan fingerprint density at radius 1 is 1.50 bits per heavy atom. The van der Waals surface area contributed by atoms with E-state index in [-0.39, 0.29) is 18.1 Å². The van der Waals surface area contributed by atoms with Crippen molar-refractivity contribution in [2.75, 3.05) is 13.2 Å². The summed E-state index contributed by atoms with van der Waals surface area (Å²) in [6, 6.07) is 3.63. The Bertz CT molecular complexity index is 535. The molecule has 20 heavy (non-hydrogen) atoms. The van der Waals surface area contributed by atoms with E-state index in [1.165, 1.54) is 23.1 Å². The lowest BCUT2D eigenvalue weighted by Crippen LogP contribution is -2.41. The number of nitrogens with zero attached hydrogens (tertiary/aromatic N) is 1. The van der Waals surface area contributed by atoms with Crippen LogP contribution < -0.4 is 0 Å². The normalized spacial score (nSPS) is 18.1. The van der Waals surface area contributed by atoms with E-state index in [1.54, 1.807) is 6.92 Å². The molecule has 1 aromatic carbocycles. The Balaban J connectivity index is 2.18. The van der Waals surface area contributed by atoms with Crippen molar-refractivity contribution in [2.24, 2.45) is 0 Å². The van der Waals surface area contributed by atoms with Crippen LogP contribution in [-0.2, 0) is 9.53 Å². The molecule has 0 radical (unpaired) electrons. The molecule has 1 heterocycles. The minimum absolute atomic E-state index is 0.238. The highest BCUT2D eigenvalue weighted by Crippen LogP contribution is 2.23. The highest BCUT2D eigenvalue weighted by atomic mass is 79.9. The fourth-order valence-corrected chi connectivity index (χ4v) is 2.53. The number of esters is 1. The van der Waals surface area contributed by atoms with Gasteiger partial charge in [0.25, 0.3) is 5.91 Å². The van der Waals surface area contributed by atoms with Gasteiger partial charge in [0.05, 0.1) is 11.1 Å². The number of likely N-dealkylation sites (tertiary alicyclic amines) is 1. The van der Waals surface area contributed by atoms with Gasteiger partial charge in [-0.2, -0.15) is 0 Å². The van der Waals surface area contributed by atoms with Gasteiger partial charge in [-0.15, -0.1) is 0 Å². The molecule has 0 aliphatic carbocycles. The molecule has 0 N–H and O–H groups in total. The standard InChI is InChI=1S/C14H15BrFNO3/c1-2-20-14(19)12-4-3-7-17(12)13(18)9-5-6-10(15)11(16)8-9/h5-6,8,12H,2-4,7H2,1H3. The number of halogens is 2. The molecule has 0 bridgehead atoms. The molecule has 0 spiro atoms. The lowest BCUT2D eigenvalue weighted by atomic mass is 10.1. The summed E-state index contributed by atoms with van der Waals surface area (Å²) >= 11 is 3.04. The van der Waals surface area contributed by atoms with Gasteiger partial charge in [-0.3, -0.25) is 4.79 Å². The third kappa shape index (κ3) is 3.00. The zero-order chi connectivity index (χ0) is 14.7. The number of hydrogen-bond donors (Lipinski definition) is 0. The van der Waals surface area contributed by atoms with Crippen LogP contribution in [0.3, 0.4) is 0 Å². The third-order valence-electron chi connectivity index (χ3n) is 3.24. The van der Waals surface area contributed by atoms with Crippen LogP contribution in [0.25, 0.3) is 0 Å². The maximum absolute atomic E-state index is 13.5. The molecular formula is C14H15BrFNO3. The molecule has 1 saturated heterocycles. The van der Waals surface area contributed by atoms with Gasteiger partial charge < -0.3 is 9.64 Å². The first-order chi connectivity index (χ1) is 9.54. The minimum Gasteiger partial charge on any atom is -0.464 e. The SMILES string of the molecule is CCOC(=O)C1CCCN1C(=O)c1ccc(Br)c(F)c1. The maximum atomic E-state index is 13.5. The van der Waals surface area contributed by atoms with Crippen molar-refractivity contribution in [3.8, 4) is 0 Å². The third-order valence-corrected chi connectivity index (χ3v) is 3.88. The molecule has 108 valence electrons. The quantitative estimate of drug-likeness (QED) is 0.793. The second kappa shape index (κ2) is 6.35. The molecule has 6 heteroatoms. The second-order valence-corrected chi connectivity index (χ2v) is 5.39. The van der Waals surface area contributed by atoms with Crippen LogP contribution in [-0.4, -0.2) is 36.0 Å². The van der Waals surface area contributed by atoms with Crippen molar-refractivity contribution in [1.82, 2.24) is 4.90 Å². The predicted octanol–water partition coefficient (Wildman–Crippen LogP) is 2.76. The Labute approximate surface area is 125 Å². The van der Waals surface area contributed by atoms with Gasteiger partial charge in [0.2, 0.25) is 0 Å². The van der Waals surface area contributed by atoms with Crippen molar-refractivity contribution in [1.29, 1.82) is 0 Å². The van der Waals surface area contributed by atoms with Gasteiger partial charge in [0.1, 0.15) is 11.9 Å². The lowest BCUT2D eigenvalue weighted by Gasteiger charge is -2.23. The fourth-order valence-electron chi connectivity index (χ4n) is 2.29. The summed E-state index contributed by atoms with van der Waals surface area (Å²) < 4.78 is 18.8. The lowest BCUT2D eigenvalue weighted by molar-refractivity contribution is -0.147. The molecular weight excluding hydrogens is 329 g/mol. The van der Waals surface area contributed by atoms with Gasteiger partial charge in [0.15, 0.2) is 0 Å². The number of ether oxygens (including phenoxy) is 1.